The monoisotopic (exact) mass is 311 g/mol. The Kier molecular flexibility index (Phi) is 3.01. The first-order valence-corrected chi connectivity index (χ1v) is 7.68. The highest BCUT2D eigenvalue weighted by Gasteiger charge is 2.27. The fourth-order valence-corrected chi connectivity index (χ4v) is 2.79. The summed E-state index contributed by atoms with van der Waals surface area (Å²) in [5, 5.41) is 7.64. The van der Waals surface area contributed by atoms with Gasteiger partial charge in [0, 0.05) is 11.6 Å². The van der Waals surface area contributed by atoms with Gasteiger partial charge in [0.25, 0.3) is 11.6 Å². The van der Waals surface area contributed by atoms with Gasteiger partial charge >= 0.3 is 0 Å². The Morgan fingerprint density at radius 1 is 1.26 bits per heavy atom. The normalized spacial score (nSPS) is 14.4. The molecule has 3 heterocycles. The number of aryl methyl sites for hydroxylation is 3. The number of aromatic nitrogens is 2. The van der Waals surface area contributed by atoms with Gasteiger partial charge in [0.05, 0.1) is 22.3 Å². The van der Waals surface area contributed by atoms with Crippen LogP contribution in [0.2, 0.25) is 0 Å². The van der Waals surface area contributed by atoms with Crippen molar-refractivity contribution in [2.24, 2.45) is 0 Å². The Bertz CT molecular complexity index is 919. The van der Waals surface area contributed by atoms with Crippen LogP contribution in [-0.2, 0) is 0 Å². The van der Waals surface area contributed by atoms with E-state index in [4.69, 9.17) is 8.94 Å². The summed E-state index contributed by atoms with van der Waals surface area (Å²) < 4.78 is 10.9. The standard InChI is InChI=1S/C17H17N3O3/c1-8-6-12(10(3)22-8)14-7-13(16(21)18-11-4-5-11)15-9(2)20-23-17(15)19-14/h6-7,11H,4-5H2,1-3H3,(H,18,21). The predicted octanol–water partition coefficient (Wildman–Crippen LogP) is 3.30. The minimum Gasteiger partial charge on any atom is -0.466 e. The molecule has 6 nitrogen and oxygen atoms in total. The molecule has 1 fully saturated rings. The minimum absolute atomic E-state index is 0.106. The number of hydrogen-bond donors (Lipinski definition) is 1. The molecule has 1 aliphatic carbocycles. The summed E-state index contributed by atoms with van der Waals surface area (Å²) in [5.41, 5.74) is 3.11. The molecule has 23 heavy (non-hydrogen) atoms. The number of carbonyl (C=O) groups excluding carboxylic acids is 1. The zero-order valence-electron chi connectivity index (χ0n) is 13.3. The zero-order chi connectivity index (χ0) is 16.1. The molecule has 1 N–H and O–H groups in total. The van der Waals surface area contributed by atoms with Crippen molar-refractivity contribution < 1.29 is 13.7 Å². The summed E-state index contributed by atoms with van der Waals surface area (Å²) in [6.45, 7) is 5.58. The summed E-state index contributed by atoms with van der Waals surface area (Å²) in [7, 11) is 0. The summed E-state index contributed by atoms with van der Waals surface area (Å²) in [5.74, 6) is 1.46. The minimum atomic E-state index is -0.106. The molecular formula is C17H17N3O3. The number of amides is 1. The highest BCUT2D eigenvalue weighted by molar-refractivity contribution is 6.07. The van der Waals surface area contributed by atoms with Gasteiger partial charge in [-0.05, 0) is 45.7 Å². The van der Waals surface area contributed by atoms with E-state index in [1.165, 1.54) is 0 Å². The first-order chi connectivity index (χ1) is 11.0. The average Bonchev–Trinajstić information content (AvgIpc) is 3.15. The van der Waals surface area contributed by atoms with Gasteiger partial charge in [-0.2, -0.15) is 0 Å². The molecule has 3 aromatic rings. The highest BCUT2D eigenvalue weighted by atomic mass is 16.5. The number of rotatable bonds is 3. The maximum Gasteiger partial charge on any atom is 0.259 e. The van der Waals surface area contributed by atoms with Gasteiger partial charge in [0.2, 0.25) is 0 Å². The summed E-state index contributed by atoms with van der Waals surface area (Å²) in [6, 6.07) is 3.99. The second kappa shape index (κ2) is 4.94. The van der Waals surface area contributed by atoms with Crippen molar-refractivity contribution in [3.8, 4) is 11.3 Å². The lowest BCUT2D eigenvalue weighted by Crippen LogP contribution is -2.25. The van der Waals surface area contributed by atoms with E-state index in [0.29, 0.717) is 28.1 Å². The number of furan rings is 1. The molecule has 0 atom stereocenters. The van der Waals surface area contributed by atoms with E-state index in [1.807, 2.05) is 26.8 Å². The lowest BCUT2D eigenvalue weighted by Gasteiger charge is -2.07. The zero-order valence-corrected chi connectivity index (χ0v) is 13.3. The van der Waals surface area contributed by atoms with Gasteiger partial charge in [-0.25, -0.2) is 4.98 Å². The molecule has 0 radical (unpaired) electrons. The van der Waals surface area contributed by atoms with E-state index >= 15 is 0 Å². The first kappa shape index (κ1) is 14.0. The van der Waals surface area contributed by atoms with Crippen molar-refractivity contribution in [3.63, 3.8) is 0 Å². The molecule has 0 spiro atoms. The van der Waals surface area contributed by atoms with Crippen LogP contribution in [0.3, 0.4) is 0 Å². The molecule has 1 saturated carbocycles. The van der Waals surface area contributed by atoms with E-state index in [0.717, 1.165) is 29.9 Å². The van der Waals surface area contributed by atoms with Gasteiger partial charge in [0.15, 0.2) is 0 Å². The number of carbonyl (C=O) groups is 1. The van der Waals surface area contributed by atoms with Gasteiger partial charge < -0.3 is 14.3 Å². The van der Waals surface area contributed by atoms with Crippen molar-refractivity contribution in [3.05, 3.63) is 34.9 Å². The van der Waals surface area contributed by atoms with E-state index in [-0.39, 0.29) is 11.9 Å². The number of nitrogens with one attached hydrogen (secondary N) is 1. The highest BCUT2D eigenvalue weighted by Crippen LogP contribution is 2.31. The van der Waals surface area contributed by atoms with E-state index in [2.05, 4.69) is 15.5 Å². The molecular weight excluding hydrogens is 294 g/mol. The molecule has 0 saturated heterocycles. The van der Waals surface area contributed by atoms with Crippen molar-refractivity contribution in [1.29, 1.82) is 0 Å². The second-order valence-electron chi connectivity index (χ2n) is 6.08. The molecule has 118 valence electrons. The summed E-state index contributed by atoms with van der Waals surface area (Å²) in [6.07, 6.45) is 2.07. The van der Waals surface area contributed by atoms with Crippen molar-refractivity contribution >= 4 is 17.0 Å². The van der Waals surface area contributed by atoms with Crippen LogP contribution in [0.4, 0.5) is 0 Å². The number of fused-ring (bicyclic) bond motifs is 1. The van der Waals surface area contributed by atoms with Crippen LogP contribution in [0.5, 0.6) is 0 Å². The molecule has 0 bridgehead atoms. The van der Waals surface area contributed by atoms with Crippen LogP contribution in [0.15, 0.2) is 21.1 Å². The van der Waals surface area contributed by atoms with Gasteiger partial charge in [-0.1, -0.05) is 5.16 Å². The fourth-order valence-electron chi connectivity index (χ4n) is 2.79. The van der Waals surface area contributed by atoms with Gasteiger partial charge in [-0.15, -0.1) is 0 Å². The SMILES string of the molecule is Cc1cc(-c2cc(C(=O)NC3CC3)c3c(C)noc3n2)c(C)o1. The third-order valence-electron chi connectivity index (χ3n) is 4.09. The third-order valence-corrected chi connectivity index (χ3v) is 4.09. The quantitative estimate of drug-likeness (QED) is 0.802. The first-order valence-electron chi connectivity index (χ1n) is 7.68. The Morgan fingerprint density at radius 2 is 2.04 bits per heavy atom. The third kappa shape index (κ3) is 2.40. The number of nitrogens with zero attached hydrogens (tertiary/aromatic N) is 2. The molecule has 0 aromatic carbocycles. The molecule has 0 aliphatic heterocycles. The Morgan fingerprint density at radius 3 is 2.70 bits per heavy atom. The van der Waals surface area contributed by atoms with Crippen LogP contribution in [0, 0.1) is 20.8 Å². The molecule has 3 aromatic heterocycles. The van der Waals surface area contributed by atoms with Gasteiger partial charge in [-0.3, -0.25) is 4.79 Å². The summed E-state index contributed by atoms with van der Waals surface area (Å²) in [4.78, 5) is 17.1. The molecule has 6 heteroatoms. The fraction of sp³-hybridized carbons (Fsp3) is 0.353. The van der Waals surface area contributed by atoms with Crippen LogP contribution in [-0.4, -0.2) is 22.1 Å². The van der Waals surface area contributed by atoms with Crippen LogP contribution in [0.25, 0.3) is 22.4 Å². The molecule has 1 amide bonds. The largest absolute Gasteiger partial charge is 0.466 e. The van der Waals surface area contributed by atoms with E-state index in [1.54, 1.807) is 6.07 Å². The Balaban J connectivity index is 1.89. The maximum atomic E-state index is 12.6. The van der Waals surface area contributed by atoms with Crippen molar-refractivity contribution in [2.45, 2.75) is 39.7 Å². The predicted molar refractivity (Wildman–Crippen MR) is 84.2 cm³/mol. The average molecular weight is 311 g/mol. The van der Waals surface area contributed by atoms with Crippen LogP contribution < -0.4 is 5.32 Å². The van der Waals surface area contributed by atoms with Crippen LogP contribution >= 0.6 is 0 Å². The van der Waals surface area contributed by atoms with Crippen LogP contribution in [0.1, 0.15) is 40.4 Å². The van der Waals surface area contributed by atoms with Crippen molar-refractivity contribution in [1.82, 2.24) is 15.5 Å². The molecule has 4 rings (SSSR count). The molecule has 1 aliphatic rings. The van der Waals surface area contributed by atoms with E-state index in [9.17, 15) is 4.79 Å². The van der Waals surface area contributed by atoms with Crippen molar-refractivity contribution in [2.75, 3.05) is 0 Å². The maximum absolute atomic E-state index is 12.6. The summed E-state index contributed by atoms with van der Waals surface area (Å²) >= 11 is 0. The number of hydrogen-bond acceptors (Lipinski definition) is 5. The molecule has 0 unspecified atom stereocenters. The Labute approximate surface area is 132 Å². The van der Waals surface area contributed by atoms with Gasteiger partial charge in [0.1, 0.15) is 11.5 Å². The lowest BCUT2D eigenvalue weighted by molar-refractivity contribution is 0.0952. The second-order valence-corrected chi connectivity index (χ2v) is 6.08. The van der Waals surface area contributed by atoms with E-state index < -0.39 is 0 Å². The Hall–Kier alpha value is -2.63. The number of pyridine rings is 1. The smallest absolute Gasteiger partial charge is 0.259 e. The topological polar surface area (TPSA) is 81.2 Å². The lowest BCUT2D eigenvalue weighted by atomic mass is 10.1.